The molecule has 0 amide bonds. The number of hydrogen-bond acceptors (Lipinski definition) is 3. The summed E-state index contributed by atoms with van der Waals surface area (Å²) < 4.78 is 28.6. The van der Waals surface area contributed by atoms with E-state index < -0.39 is 10.0 Å². The molecule has 1 unspecified atom stereocenters. The molecule has 6 heteroatoms. The van der Waals surface area contributed by atoms with Crippen molar-refractivity contribution < 1.29 is 8.42 Å². The molecule has 0 saturated heterocycles. The Morgan fingerprint density at radius 1 is 1.12 bits per heavy atom. The molecule has 2 rings (SSSR count). The fourth-order valence-electron chi connectivity index (χ4n) is 2.70. The Hall–Kier alpha value is -1.63. The molecule has 0 spiro atoms. The third-order valence-corrected chi connectivity index (χ3v) is 6.43. The zero-order chi connectivity index (χ0) is 17.7. The molecule has 1 heterocycles. The van der Waals surface area contributed by atoms with Crippen LogP contribution in [0.1, 0.15) is 38.1 Å². The van der Waals surface area contributed by atoms with E-state index in [1.54, 1.807) is 12.1 Å². The number of hydrogen-bond donors (Lipinski definition) is 1. The Morgan fingerprint density at radius 3 is 2.25 bits per heavy atom. The van der Waals surface area contributed by atoms with Crippen molar-refractivity contribution in [2.24, 2.45) is 7.05 Å². The van der Waals surface area contributed by atoms with E-state index in [-0.39, 0.29) is 6.04 Å². The Labute approximate surface area is 145 Å². The van der Waals surface area contributed by atoms with Crippen LogP contribution in [-0.2, 0) is 23.6 Å². The molecule has 132 valence electrons. The number of nitrogens with one attached hydrogen (secondary N) is 1. The fourth-order valence-corrected chi connectivity index (χ4v) is 4.15. The molecule has 0 bridgehead atoms. The third-order valence-electron chi connectivity index (χ3n) is 4.36. The highest BCUT2D eigenvalue weighted by Gasteiger charge is 2.21. The van der Waals surface area contributed by atoms with Crippen molar-refractivity contribution in [3.05, 3.63) is 53.9 Å². The summed E-state index contributed by atoms with van der Waals surface area (Å²) in [5.41, 5.74) is 2.28. The smallest absolute Gasteiger partial charge is 0.243 e. The van der Waals surface area contributed by atoms with Crippen molar-refractivity contribution >= 4 is 10.0 Å². The molecule has 0 aliphatic rings. The number of aromatic nitrogens is 1. The van der Waals surface area contributed by atoms with Crippen LogP contribution in [0.15, 0.2) is 47.5 Å². The average molecular weight is 350 g/mol. The van der Waals surface area contributed by atoms with Gasteiger partial charge in [0.1, 0.15) is 0 Å². The summed E-state index contributed by atoms with van der Waals surface area (Å²) >= 11 is 0. The van der Waals surface area contributed by atoms with E-state index in [0.717, 1.165) is 12.1 Å². The van der Waals surface area contributed by atoms with Crippen LogP contribution in [-0.4, -0.2) is 30.4 Å². The second-order valence-corrected chi connectivity index (χ2v) is 7.81. The lowest BCUT2D eigenvalue weighted by atomic mass is 10.1. The summed E-state index contributed by atoms with van der Waals surface area (Å²) in [6, 6.07) is 11.4. The van der Waals surface area contributed by atoms with Crippen LogP contribution in [0.2, 0.25) is 0 Å². The Kier molecular flexibility index (Phi) is 6.21. The maximum absolute atomic E-state index is 12.5. The van der Waals surface area contributed by atoms with Gasteiger partial charge in [-0.1, -0.05) is 26.0 Å². The van der Waals surface area contributed by atoms with Gasteiger partial charge in [-0.2, -0.15) is 4.31 Å². The average Bonchev–Trinajstić information content (AvgIpc) is 2.98. The Bertz CT molecular complexity index is 747. The van der Waals surface area contributed by atoms with E-state index in [2.05, 4.69) is 22.9 Å². The normalized spacial score (nSPS) is 13.4. The van der Waals surface area contributed by atoms with E-state index >= 15 is 0 Å². The van der Waals surface area contributed by atoms with Gasteiger partial charge in [-0.25, -0.2) is 8.42 Å². The minimum absolute atomic E-state index is 0.144. The summed E-state index contributed by atoms with van der Waals surface area (Å²) in [4.78, 5) is 0.351. The first kappa shape index (κ1) is 18.7. The first-order valence-electron chi connectivity index (χ1n) is 8.33. The molecule has 1 atom stereocenters. The molecule has 0 saturated carbocycles. The maximum atomic E-state index is 12.5. The minimum Gasteiger partial charge on any atom is -0.353 e. The van der Waals surface area contributed by atoms with Crippen LogP contribution in [0.4, 0.5) is 0 Å². The van der Waals surface area contributed by atoms with Gasteiger partial charge in [0, 0.05) is 44.6 Å². The summed E-state index contributed by atoms with van der Waals surface area (Å²) in [6.07, 6.45) is 2.02. The van der Waals surface area contributed by atoms with E-state index in [1.807, 2.05) is 45.3 Å². The Morgan fingerprint density at radius 2 is 1.75 bits per heavy atom. The first-order chi connectivity index (χ1) is 11.4. The van der Waals surface area contributed by atoms with E-state index in [0.29, 0.717) is 18.0 Å². The zero-order valence-electron chi connectivity index (χ0n) is 14.9. The highest BCUT2D eigenvalue weighted by Crippen LogP contribution is 2.19. The van der Waals surface area contributed by atoms with E-state index in [9.17, 15) is 8.42 Å². The van der Waals surface area contributed by atoms with Gasteiger partial charge < -0.3 is 9.88 Å². The van der Waals surface area contributed by atoms with Crippen molar-refractivity contribution in [1.82, 2.24) is 14.2 Å². The maximum Gasteiger partial charge on any atom is 0.243 e. The monoisotopic (exact) mass is 349 g/mol. The fraction of sp³-hybridized carbons (Fsp3) is 0.444. The van der Waals surface area contributed by atoms with Gasteiger partial charge in [0.25, 0.3) is 0 Å². The van der Waals surface area contributed by atoms with Gasteiger partial charge in [0.15, 0.2) is 0 Å². The van der Waals surface area contributed by atoms with Crippen molar-refractivity contribution in [2.75, 3.05) is 13.1 Å². The number of aryl methyl sites for hydroxylation is 1. The molecule has 0 radical (unpaired) electrons. The molecule has 0 aliphatic heterocycles. The van der Waals surface area contributed by atoms with Gasteiger partial charge in [0.2, 0.25) is 10.0 Å². The molecule has 5 nitrogen and oxygen atoms in total. The standard InChI is InChI=1S/C18H27N3O2S/c1-5-21(6-2)24(22,23)18-11-9-16(10-12-18)15(3)19-14-17-8-7-13-20(17)4/h7-13,15,19H,5-6,14H2,1-4H3. The predicted molar refractivity (Wildman–Crippen MR) is 97.2 cm³/mol. The van der Waals surface area contributed by atoms with Crippen molar-refractivity contribution in [2.45, 2.75) is 38.3 Å². The SMILES string of the molecule is CCN(CC)S(=O)(=O)c1ccc(C(C)NCc2cccn2C)cc1. The first-order valence-corrected chi connectivity index (χ1v) is 9.77. The van der Waals surface area contributed by atoms with Crippen LogP contribution in [0.3, 0.4) is 0 Å². The lowest BCUT2D eigenvalue weighted by Crippen LogP contribution is -2.30. The molecule has 0 aliphatic carbocycles. The topological polar surface area (TPSA) is 54.3 Å². The Balaban J connectivity index is 2.07. The van der Waals surface area contributed by atoms with Crippen LogP contribution in [0.25, 0.3) is 0 Å². The number of nitrogens with zero attached hydrogens (tertiary/aromatic N) is 2. The molecule has 24 heavy (non-hydrogen) atoms. The summed E-state index contributed by atoms with van der Waals surface area (Å²) in [5.74, 6) is 0. The molecule has 1 aromatic carbocycles. The van der Waals surface area contributed by atoms with Crippen LogP contribution < -0.4 is 5.32 Å². The summed E-state index contributed by atoms with van der Waals surface area (Å²) in [6.45, 7) is 7.52. The summed E-state index contributed by atoms with van der Waals surface area (Å²) in [7, 11) is -1.37. The van der Waals surface area contributed by atoms with Gasteiger partial charge in [-0.15, -0.1) is 0 Å². The lowest BCUT2D eigenvalue weighted by molar-refractivity contribution is 0.445. The second-order valence-electron chi connectivity index (χ2n) is 5.87. The predicted octanol–water partition coefficient (Wildman–Crippen LogP) is 2.91. The summed E-state index contributed by atoms with van der Waals surface area (Å²) in [5, 5.41) is 3.46. The van der Waals surface area contributed by atoms with Crippen LogP contribution in [0.5, 0.6) is 0 Å². The molecular formula is C18H27N3O2S. The molecular weight excluding hydrogens is 322 g/mol. The molecule has 2 aromatic rings. The van der Waals surface area contributed by atoms with Gasteiger partial charge >= 0.3 is 0 Å². The lowest BCUT2D eigenvalue weighted by Gasteiger charge is -2.19. The number of benzene rings is 1. The quantitative estimate of drug-likeness (QED) is 0.797. The highest BCUT2D eigenvalue weighted by molar-refractivity contribution is 7.89. The third kappa shape index (κ3) is 4.06. The molecule has 1 N–H and O–H groups in total. The van der Waals surface area contributed by atoms with Crippen molar-refractivity contribution in [3.63, 3.8) is 0 Å². The zero-order valence-corrected chi connectivity index (χ0v) is 15.7. The van der Waals surface area contributed by atoms with Gasteiger partial charge in [-0.3, -0.25) is 0 Å². The largest absolute Gasteiger partial charge is 0.353 e. The number of sulfonamides is 1. The van der Waals surface area contributed by atoms with Crippen molar-refractivity contribution in [1.29, 1.82) is 0 Å². The van der Waals surface area contributed by atoms with Gasteiger partial charge in [0.05, 0.1) is 4.90 Å². The minimum atomic E-state index is -3.39. The number of rotatable bonds is 8. The van der Waals surface area contributed by atoms with E-state index in [4.69, 9.17) is 0 Å². The van der Waals surface area contributed by atoms with Crippen molar-refractivity contribution in [3.8, 4) is 0 Å². The molecule has 0 fully saturated rings. The van der Waals surface area contributed by atoms with Gasteiger partial charge in [-0.05, 0) is 36.8 Å². The second kappa shape index (κ2) is 7.96. The van der Waals surface area contributed by atoms with E-state index in [1.165, 1.54) is 10.00 Å². The van der Waals surface area contributed by atoms with Crippen LogP contribution >= 0.6 is 0 Å². The molecule has 1 aromatic heterocycles. The highest BCUT2D eigenvalue weighted by atomic mass is 32.2. The van der Waals surface area contributed by atoms with Crippen LogP contribution in [0, 0.1) is 0 Å².